The Labute approximate surface area is 242 Å². The minimum Gasteiger partial charge on any atom is -0.508 e. The lowest BCUT2D eigenvalue weighted by molar-refractivity contribution is -0.135. The van der Waals surface area contributed by atoms with Crippen molar-refractivity contribution >= 4 is 17.5 Å². The Morgan fingerprint density at radius 2 is 1.90 bits per heavy atom. The lowest BCUT2D eigenvalue weighted by Crippen LogP contribution is -2.52. The van der Waals surface area contributed by atoms with E-state index in [9.17, 15) is 19.8 Å². The first-order valence-electron chi connectivity index (χ1n) is 15.5. The molecule has 2 bridgehead atoms. The highest BCUT2D eigenvalue weighted by Gasteiger charge is 2.68. The second-order valence-corrected chi connectivity index (χ2v) is 12.9. The topological polar surface area (TPSA) is 93.1 Å². The van der Waals surface area contributed by atoms with Gasteiger partial charge in [-0.15, -0.1) is 0 Å². The highest BCUT2D eigenvalue weighted by atomic mass is 16.5. The third-order valence-electron chi connectivity index (χ3n) is 10.1. The van der Waals surface area contributed by atoms with E-state index in [1.165, 1.54) is 0 Å². The van der Waals surface area contributed by atoms with Crippen LogP contribution in [-0.2, 0) is 19.1 Å². The normalized spacial score (nSPS) is 31.1. The Kier molecular flexibility index (Phi) is 7.48. The molecule has 6 heteroatoms. The summed E-state index contributed by atoms with van der Waals surface area (Å²) in [5, 5.41) is 20.3. The van der Waals surface area contributed by atoms with Gasteiger partial charge in [0.25, 0.3) is 0 Å². The number of aromatic hydroxyl groups is 1. The van der Waals surface area contributed by atoms with Gasteiger partial charge in [0.2, 0.25) is 0 Å². The van der Waals surface area contributed by atoms with Crippen LogP contribution in [0.1, 0.15) is 84.1 Å². The first kappa shape index (κ1) is 28.0. The molecule has 1 aromatic rings. The number of aliphatic hydroxyl groups excluding tert-OH is 1. The van der Waals surface area contributed by atoms with Crippen LogP contribution in [0.15, 0.2) is 64.7 Å². The summed E-state index contributed by atoms with van der Waals surface area (Å²) in [6.07, 6.45) is 11.8. The van der Waals surface area contributed by atoms with Crippen molar-refractivity contribution < 1.29 is 29.3 Å². The van der Waals surface area contributed by atoms with Crippen LogP contribution in [0.5, 0.6) is 5.75 Å². The Bertz CT molecular complexity index is 1380. The number of esters is 2. The Balaban J connectivity index is 1.57. The summed E-state index contributed by atoms with van der Waals surface area (Å²) in [6.45, 7) is 6.56. The number of fused-ring (bicyclic) bond motifs is 1. The molecule has 218 valence electrons. The molecule has 0 amide bonds. The number of allylic oxidation sites excluding steroid dienone is 5. The number of phenolic OH excluding ortho intramolecular Hbond substituents is 1. The molecule has 1 aromatic carbocycles. The van der Waals surface area contributed by atoms with Crippen molar-refractivity contribution in [1.82, 2.24) is 0 Å². The van der Waals surface area contributed by atoms with E-state index in [1.54, 1.807) is 12.1 Å². The number of rotatable bonds is 9. The van der Waals surface area contributed by atoms with Crippen molar-refractivity contribution in [2.75, 3.05) is 6.61 Å². The molecule has 2 aliphatic heterocycles. The van der Waals surface area contributed by atoms with Gasteiger partial charge in [-0.1, -0.05) is 45.7 Å². The summed E-state index contributed by atoms with van der Waals surface area (Å²) in [7, 11) is 0. The molecule has 7 rings (SSSR count). The molecule has 1 saturated heterocycles. The van der Waals surface area contributed by atoms with Crippen molar-refractivity contribution in [2.45, 2.75) is 78.6 Å². The summed E-state index contributed by atoms with van der Waals surface area (Å²) in [4.78, 5) is 27.6. The van der Waals surface area contributed by atoms with Gasteiger partial charge in [0.1, 0.15) is 17.3 Å². The molecule has 5 unspecified atom stereocenters. The van der Waals surface area contributed by atoms with Crippen LogP contribution >= 0.6 is 0 Å². The summed E-state index contributed by atoms with van der Waals surface area (Å²) in [5.74, 6) is 1.54. The lowest BCUT2D eigenvalue weighted by Gasteiger charge is -2.56. The zero-order valence-electron chi connectivity index (χ0n) is 24.4. The summed E-state index contributed by atoms with van der Waals surface area (Å²) < 4.78 is 12.2. The van der Waals surface area contributed by atoms with Gasteiger partial charge in [0.05, 0.1) is 11.0 Å². The van der Waals surface area contributed by atoms with Crippen molar-refractivity contribution in [3.8, 4) is 5.75 Å². The maximum absolute atomic E-state index is 14.0. The fourth-order valence-corrected chi connectivity index (χ4v) is 8.43. The van der Waals surface area contributed by atoms with Crippen LogP contribution < -0.4 is 0 Å². The Morgan fingerprint density at radius 1 is 1.07 bits per heavy atom. The molecule has 6 nitrogen and oxygen atoms in total. The molecule has 1 spiro atoms. The van der Waals surface area contributed by atoms with E-state index in [2.05, 4.69) is 26.8 Å². The zero-order valence-corrected chi connectivity index (χ0v) is 24.4. The van der Waals surface area contributed by atoms with E-state index in [-0.39, 0.29) is 48.0 Å². The van der Waals surface area contributed by atoms with Gasteiger partial charge in [-0.25, -0.2) is 9.59 Å². The average Bonchev–Trinajstić information content (AvgIpc) is 3.43. The van der Waals surface area contributed by atoms with Crippen LogP contribution in [0.2, 0.25) is 0 Å². The Morgan fingerprint density at radius 3 is 2.63 bits per heavy atom. The molecule has 4 aliphatic carbocycles. The van der Waals surface area contributed by atoms with Crippen molar-refractivity contribution in [3.05, 3.63) is 70.2 Å². The van der Waals surface area contributed by atoms with Crippen LogP contribution in [-0.4, -0.2) is 28.8 Å². The van der Waals surface area contributed by atoms with Crippen LogP contribution in [0.25, 0.3) is 5.57 Å². The molecule has 1 saturated carbocycles. The van der Waals surface area contributed by atoms with Crippen LogP contribution in [0.3, 0.4) is 0 Å². The second-order valence-electron chi connectivity index (χ2n) is 12.9. The fourth-order valence-electron chi connectivity index (χ4n) is 8.43. The minimum atomic E-state index is -0.761. The number of hydrogen-bond donors (Lipinski definition) is 2. The van der Waals surface area contributed by atoms with Gasteiger partial charge in [0, 0.05) is 23.7 Å². The number of phenols is 1. The highest BCUT2D eigenvalue weighted by Crippen LogP contribution is 2.71. The first-order valence-corrected chi connectivity index (χ1v) is 15.5. The van der Waals surface area contributed by atoms with Gasteiger partial charge < -0.3 is 19.7 Å². The zero-order chi connectivity index (χ0) is 28.9. The second kappa shape index (κ2) is 10.9. The van der Waals surface area contributed by atoms with E-state index < -0.39 is 5.41 Å². The summed E-state index contributed by atoms with van der Waals surface area (Å²) >= 11 is 0. The minimum absolute atomic E-state index is 0.0616. The van der Waals surface area contributed by atoms with Crippen LogP contribution in [0.4, 0.5) is 0 Å². The van der Waals surface area contributed by atoms with E-state index in [0.29, 0.717) is 29.4 Å². The third kappa shape index (κ3) is 4.50. The third-order valence-corrected chi connectivity index (χ3v) is 10.1. The molecular weight excluding hydrogens is 516 g/mol. The quantitative estimate of drug-likeness (QED) is 0.317. The largest absolute Gasteiger partial charge is 0.508 e. The summed E-state index contributed by atoms with van der Waals surface area (Å²) in [5.41, 5.74) is 3.48. The highest BCUT2D eigenvalue weighted by molar-refractivity contribution is 6.06. The number of aliphatic hydroxyl groups is 1. The monoisotopic (exact) mass is 558 g/mol. The van der Waals surface area contributed by atoms with E-state index in [0.717, 1.165) is 73.6 Å². The number of cyclic esters (lactones) is 2. The fraction of sp³-hybridized carbons (Fsp3) is 0.543. The molecule has 6 aliphatic rings. The molecule has 2 fully saturated rings. The molecule has 41 heavy (non-hydrogen) atoms. The number of ether oxygens (including phenoxy) is 2. The number of benzene rings is 1. The predicted molar refractivity (Wildman–Crippen MR) is 156 cm³/mol. The molecule has 0 radical (unpaired) electrons. The van der Waals surface area contributed by atoms with Crippen LogP contribution in [0, 0.1) is 35.0 Å². The van der Waals surface area contributed by atoms with E-state index >= 15 is 0 Å². The van der Waals surface area contributed by atoms with E-state index in [1.807, 2.05) is 18.2 Å². The van der Waals surface area contributed by atoms with Gasteiger partial charge in [0.15, 0.2) is 0 Å². The van der Waals surface area contributed by atoms with E-state index in [4.69, 9.17) is 9.47 Å². The molecular formula is C35H42O6. The standard InChI is InChI=1S/C35H42O6/c1-4-5-9-27-26-13-12-25-24-14-16-35(31(25)30(26)33(38)40-27)28(18-21(15-17-36)11-10-20(2)3)41-34(39)32(35)29(24)22-7-6-8-23(37)19-22/h6-9,18-21,24-25,31,36-37H,4-5,10-17H2,1-3H3. The number of carbonyl (C=O) groups excluding carboxylic acids is 2. The van der Waals surface area contributed by atoms with Crippen molar-refractivity contribution in [3.63, 3.8) is 0 Å². The van der Waals surface area contributed by atoms with Crippen molar-refractivity contribution in [1.29, 1.82) is 0 Å². The first-order chi connectivity index (χ1) is 19.8. The molecule has 5 atom stereocenters. The van der Waals surface area contributed by atoms with Gasteiger partial charge in [-0.3, -0.25) is 0 Å². The van der Waals surface area contributed by atoms with Gasteiger partial charge in [-0.2, -0.15) is 0 Å². The predicted octanol–water partition coefficient (Wildman–Crippen LogP) is 6.99. The number of unbranched alkanes of at least 4 members (excludes halogenated alkanes) is 1. The SMILES string of the molecule is CCCC=C1OC(=O)C2=C1CCC1C3CCC4(C(=CC(CCO)CCC(C)C)OC(=O)C4=C3c3cccc(O)c3)C21. The van der Waals surface area contributed by atoms with Gasteiger partial charge in [-0.05, 0) is 104 Å². The number of hydrogen-bond acceptors (Lipinski definition) is 6. The summed E-state index contributed by atoms with van der Waals surface area (Å²) in [6, 6.07) is 7.20. The lowest BCUT2D eigenvalue weighted by atomic mass is 9.44. The molecule has 2 heterocycles. The maximum Gasteiger partial charge on any atom is 0.340 e. The van der Waals surface area contributed by atoms with Crippen molar-refractivity contribution in [2.24, 2.45) is 35.0 Å². The maximum atomic E-state index is 14.0. The molecule has 2 N–H and O–H groups in total. The average molecular weight is 559 g/mol. The van der Waals surface area contributed by atoms with Gasteiger partial charge >= 0.3 is 11.9 Å². The smallest absolute Gasteiger partial charge is 0.340 e. The Hall–Kier alpha value is -3.12. The molecule has 0 aromatic heterocycles. The number of carbonyl (C=O) groups is 2.